The fourth-order valence-electron chi connectivity index (χ4n) is 5.91. The third kappa shape index (κ3) is 1.44. The molecule has 0 heteroatoms. The number of rotatable bonds is 0. The molecule has 0 bridgehead atoms. The highest BCUT2D eigenvalue weighted by atomic mass is 14.7. The molecule has 0 saturated heterocycles. The maximum absolute atomic E-state index is 2.75. The summed E-state index contributed by atoms with van der Waals surface area (Å²) >= 11 is 0. The van der Waals surface area contributed by atoms with Crippen molar-refractivity contribution in [2.24, 2.45) is 40.9 Å². The molecule has 0 nitrogen and oxygen atoms in total. The molecular formula is C18H28. The van der Waals surface area contributed by atoms with E-state index in [4.69, 9.17) is 0 Å². The van der Waals surface area contributed by atoms with Crippen molar-refractivity contribution in [3.8, 4) is 0 Å². The van der Waals surface area contributed by atoms with Gasteiger partial charge in [-0.2, -0.15) is 0 Å². The summed E-state index contributed by atoms with van der Waals surface area (Å²) in [6.07, 6.45) is 11.9. The Balaban J connectivity index is 1.62. The predicted molar refractivity (Wildman–Crippen MR) is 76.2 cm³/mol. The van der Waals surface area contributed by atoms with E-state index in [0.717, 1.165) is 35.5 Å². The van der Waals surface area contributed by atoms with E-state index in [1.807, 2.05) is 5.57 Å². The van der Waals surface area contributed by atoms with Crippen molar-refractivity contribution in [3.63, 3.8) is 0 Å². The second-order valence-electron chi connectivity index (χ2n) is 8.45. The molecule has 6 unspecified atom stereocenters. The maximum atomic E-state index is 2.75. The molecule has 0 aromatic heterocycles. The normalized spacial score (nSPS) is 50.1. The lowest BCUT2D eigenvalue weighted by molar-refractivity contribution is 0.228. The smallest absolute Gasteiger partial charge is 0.0127 e. The minimum absolute atomic E-state index is 0.437. The average molecular weight is 244 g/mol. The van der Waals surface area contributed by atoms with Gasteiger partial charge in [0.25, 0.3) is 0 Å². The van der Waals surface area contributed by atoms with Crippen molar-refractivity contribution < 1.29 is 0 Å². The van der Waals surface area contributed by atoms with E-state index >= 15 is 0 Å². The first-order valence-electron chi connectivity index (χ1n) is 8.31. The van der Waals surface area contributed by atoms with E-state index in [1.165, 1.54) is 25.7 Å². The van der Waals surface area contributed by atoms with Crippen LogP contribution in [0.5, 0.6) is 0 Å². The van der Waals surface area contributed by atoms with Gasteiger partial charge in [-0.15, -0.1) is 0 Å². The fraction of sp³-hybridized carbons (Fsp3) is 0.889. The topological polar surface area (TPSA) is 0 Å². The van der Waals surface area contributed by atoms with Gasteiger partial charge in [0.15, 0.2) is 0 Å². The van der Waals surface area contributed by atoms with Crippen LogP contribution in [0.1, 0.15) is 59.3 Å². The zero-order chi connectivity index (χ0) is 12.5. The molecule has 18 heavy (non-hydrogen) atoms. The van der Waals surface area contributed by atoms with Crippen LogP contribution in [-0.2, 0) is 0 Å². The first-order valence-corrected chi connectivity index (χ1v) is 8.31. The Morgan fingerprint density at radius 1 is 0.889 bits per heavy atom. The zero-order valence-corrected chi connectivity index (χ0v) is 12.3. The third-order valence-corrected chi connectivity index (χ3v) is 6.54. The standard InChI is InChI=1S/C18H28/c1-18(2,3)14-10-13-11-8-6-4-5-7-9-12(11)15-16(13)17(14)15/h10-13,15-17H,4-9H2,1-3H3. The van der Waals surface area contributed by atoms with Crippen LogP contribution in [0.4, 0.5) is 0 Å². The van der Waals surface area contributed by atoms with Gasteiger partial charge in [0.1, 0.15) is 0 Å². The minimum atomic E-state index is 0.437. The summed E-state index contributed by atoms with van der Waals surface area (Å²) in [5.74, 6) is 6.44. The Labute approximate surface area is 112 Å². The molecule has 0 aromatic rings. The summed E-state index contributed by atoms with van der Waals surface area (Å²) in [6.45, 7) is 7.29. The van der Waals surface area contributed by atoms with Gasteiger partial charge in [-0.1, -0.05) is 58.1 Å². The molecule has 4 rings (SSSR count). The number of hydrogen-bond acceptors (Lipinski definition) is 0. The third-order valence-electron chi connectivity index (χ3n) is 6.54. The molecule has 0 radical (unpaired) electrons. The number of fused-ring (bicyclic) bond motifs is 4. The fourth-order valence-corrected chi connectivity index (χ4v) is 5.91. The van der Waals surface area contributed by atoms with Gasteiger partial charge in [0, 0.05) is 0 Å². The summed E-state index contributed by atoms with van der Waals surface area (Å²) in [5, 5.41) is 0. The van der Waals surface area contributed by atoms with Gasteiger partial charge in [-0.25, -0.2) is 0 Å². The summed E-state index contributed by atoms with van der Waals surface area (Å²) in [6, 6.07) is 0. The Morgan fingerprint density at radius 2 is 1.56 bits per heavy atom. The van der Waals surface area contributed by atoms with E-state index in [0.29, 0.717) is 5.41 Å². The molecule has 0 spiro atoms. The summed E-state index contributed by atoms with van der Waals surface area (Å²) in [5.41, 5.74) is 2.28. The quantitative estimate of drug-likeness (QED) is 0.523. The van der Waals surface area contributed by atoms with Gasteiger partial charge in [-0.05, 0) is 53.8 Å². The average Bonchev–Trinajstić information content (AvgIpc) is 2.72. The Kier molecular flexibility index (Phi) is 2.34. The molecule has 0 N–H and O–H groups in total. The Morgan fingerprint density at radius 3 is 2.22 bits per heavy atom. The van der Waals surface area contributed by atoms with Crippen LogP contribution in [0.2, 0.25) is 0 Å². The predicted octanol–water partition coefficient (Wildman–Crippen LogP) is 5.05. The second kappa shape index (κ2) is 3.64. The van der Waals surface area contributed by atoms with Crippen molar-refractivity contribution >= 4 is 0 Å². The molecule has 0 aromatic carbocycles. The molecule has 6 atom stereocenters. The molecule has 4 aliphatic rings. The van der Waals surface area contributed by atoms with Gasteiger partial charge >= 0.3 is 0 Å². The molecule has 0 heterocycles. The van der Waals surface area contributed by atoms with E-state index in [-0.39, 0.29) is 0 Å². The monoisotopic (exact) mass is 244 g/mol. The summed E-state index contributed by atoms with van der Waals surface area (Å²) in [4.78, 5) is 0. The van der Waals surface area contributed by atoms with Crippen LogP contribution in [-0.4, -0.2) is 0 Å². The van der Waals surface area contributed by atoms with Gasteiger partial charge in [-0.3, -0.25) is 0 Å². The first kappa shape index (κ1) is 11.6. The van der Waals surface area contributed by atoms with Crippen molar-refractivity contribution in [1.82, 2.24) is 0 Å². The molecule has 0 aliphatic heterocycles. The molecule has 3 saturated carbocycles. The summed E-state index contributed by atoms with van der Waals surface area (Å²) < 4.78 is 0. The van der Waals surface area contributed by atoms with Gasteiger partial charge < -0.3 is 0 Å². The zero-order valence-electron chi connectivity index (χ0n) is 12.3. The SMILES string of the molecule is CC(C)(C)C1=CC2C3CCCCCCC3C3C1C23. The largest absolute Gasteiger partial charge is 0.0808 e. The Hall–Kier alpha value is -0.260. The first-order chi connectivity index (χ1) is 8.59. The molecule has 100 valence electrons. The molecule has 4 aliphatic carbocycles. The van der Waals surface area contributed by atoms with Crippen LogP contribution in [0.15, 0.2) is 11.6 Å². The molecule has 3 fully saturated rings. The van der Waals surface area contributed by atoms with E-state index in [9.17, 15) is 0 Å². The Bertz CT molecular complexity index is 383. The lowest BCUT2D eigenvalue weighted by Gasteiger charge is -2.28. The van der Waals surface area contributed by atoms with Crippen LogP contribution in [0.25, 0.3) is 0 Å². The van der Waals surface area contributed by atoms with Crippen LogP contribution in [0.3, 0.4) is 0 Å². The van der Waals surface area contributed by atoms with Crippen molar-refractivity contribution in [3.05, 3.63) is 11.6 Å². The lowest BCUT2D eigenvalue weighted by atomic mass is 9.77. The van der Waals surface area contributed by atoms with Crippen molar-refractivity contribution in [2.75, 3.05) is 0 Å². The lowest BCUT2D eigenvalue weighted by Crippen LogP contribution is -2.20. The van der Waals surface area contributed by atoms with E-state index in [2.05, 4.69) is 26.8 Å². The minimum Gasteiger partial charge on any atom is -0.0808 e. The number of hydrogen-bond donors (Lipinski definition) is 0. The van der Waals surface area contributed by atoms with Gasteiger partial charge in [0.05, 0.1) is 0 Å². The highest BCUT2D eigenvalue weighted by Gasteiger charge is 2.69. The van der Waals surface area contributed by atoms with E-state index in [1.54, 1.807) is 12.8 Å². The van der Waals surface area contributed by atoms with Crippen LogP contribution >= 0.6 is 0 Å². The van der Waals surface area contributed by atoms with Crippen LogP contribution in [0, 0.1) is 40.9 Å². The number of allylic oxidation sites excluding steroid dienone is 2. The summed E-state index contributed by atoms with van der Waals surface area (Å²) in [7, 11) is 0. The van der Waals surface area contributed by atoms with Crippen molar-refractivity contribution in [2.45, 2.75) is 59.3 Å². The van der Waals surface area contributed by atoms with Gasteiger partial charge in [0.2, 0.25) is 0 Å². The second-order valence-corrected chi connectivity index (χ2v) is 8.45. The highest BCUT2D eigenvalue weighted by molar-refractivity contribution is 5.38. The van der Waals surface area contributed by atoms with Crippen LogP contribution < -0.4 is 0 Å². The van der Waals surface area contributed by atoms with E-state index < -0.39 is 0 Å². The highest BCUT2D eigenvalue weighted by Crippen LogP contribution is 2.75. The maximum Gasteiger partial charge on any atom is -0.0127 e. The van der Waals surface area contributed by atoms with Crippen molar-refractivity contribution in [1.29, 1.82) is 0 Å². The molecular weight excluding hydrogens is 216 g/mol. The molecule has 0 amide bonds.